The zero-order chi connectivity index (χ0) is 49.1. The Balaban J connectivity index is 1.22. The minimum absolute atomic E-state index is 0.253. The molecule has 8 aromatic carbocycles. The van der Waals surface area contributed by atoms with E-state index in [-0.39, 0.29) is 44.5 Å². The maximum absolute atomic E-state index is 10.0. The van der Waals surface area contributed by atoms with Crippen LogP contribution >= 0.6 is 0 Å². The highest BCUT2D eigenvalue weighted by molar-refractivity contribution is 6.16. The Bertz CT molecular complexity index is 4410. The van der Waals surface area contributed by atoms with Crippen LogP contribution in [0.25, 0.3) is 132 Å². The molecule has 5 heterocycles. The van der Waals surface area contributed by atoms with E-state index in [1.54, 1.807) is 48.5 Å². The number of aromatic nitrogens is 4. The molecule has 0 amide bonds. The number of aromatic amines is 2. The molecule has 12 heteroatoms. The van der Waals surface area contributed by atoms with E-state index in [0.717, 1.165) is 86.9 Å². The summed E-state index contributed by atoms with van der Waals surface area (Å²) in [6.45, 7) is 0. The fraction of sp³-hybridized carbons (Fsp3) is 0. The van der Waals surface area contributed by atoms with Crippen LogP contribution in [0.2, 0.25) is 0 Å². The maximum Gasteiger partial charge on any atom is 0.101 e. The van der Waals surface area contributed by atoms with E-state index in [2.05, 4.69) is 58.5 Å². The standard InChI is InChI=1S/C60H22N12/c61-21-37-1-29-9-45-46(10-30(29)2-38(37)22-62)54-18-56-49-13-33-5-41(25-65)42(26-66)6-34(33)14-50(49)58(71-56)20-60-52-16-36-8-44(28-68)43(27-67)7-35(36)15-51(52)59(72-60)19-57-48-12-32-4-40(24-64)39(23-63)3-31(32)11-47(48)55(70-57)17-53(45)69-54/h1-20,69,72H. The van der Waals surface area contributed by atoms with Crippen LogP contribution in [-0.2, 0) is 0 Å². The summed E-state index contributed by atoms with van der Waals surface area (Å²) in [6, 6.07) is 54.8. The predicted molar refractivity (Wildman–Crippen MR) is 273 cm³/mol. The summed E-state index contributed by atoms with van der Waals surface area (Å²) >= 11 is 0. The van der Waals surface area contributed by atoms with Gasteiger partial charge in [0, 0.05) is 65.9 Å². The molecule has 8 bridgehead atoms. The molecule has 2 aliphatic rings. The molecule has 0 saturated heterocycles. The van der Waals surface area contributed by atoms with Crippen LogP contribution in [-0.4, -0.2) is 19.9 Å². The highest BCUT2D eigenvalue weighted by Gasteiger charge is 2.23. The molecular formula is C60H22N12. The molecule has 72 heavy (non-hydrogen) atoms. The van der Waals surface area contributed by atoms with E-state index in [1.807, 2.05) is 72.8 Å². The third kappa shape index (κ3) is 5.90. The first kappa shape index (κ1) is 40.6. The van der Waals surface area contributed by atoms with Crippen LogP contribution < -0.4 is 0 Å². The van der Waals surface area contributed by atoms with Crippen molar-refractivity contribution in [2.24, 2.45) is 0 Å². The summed E-state index contributed by atoms with van der Waals surface area (Å²) < 4.78 is 0. The van der Waals surface area contributed by atoms with Crippen LogP contribution in [0.3, 0.4) is 0 Å². The summed E-state index contributed by atoms with van der Waals surface area (Å²) in [7, 11) is 0. The van der Waals surface area contributed by atoms with Gasteiger partial charge in [-0.2, -0.15) is 42.1 Å². The van der Waals surface area contributed by atoms with Gasteiger partial charge in [-0.05, 0) is 164 Å². The van der Waals surface area contributed by atoms with E-state index in [0.29, 0.717) is 44.8 Å². The van der Waals surface area contributed by atoms with Gasteiger partial charge in [0.2, 0.25) is 0 Å². The second-order valence-electron chi connectivity index (χ2n) is 17.7. The quantitative estimate of drug-likeness (QED) is 0.146. The van der Waals surface area contributed by atoms with E-state index in [1.165, 1.54) is 0 Å². The maximum atomic E-state index is 10.0. The van der Waals surface area contributed by atoms with Gasteiger partial charge in [0.05, 0.1) is 67.3 Å². The summed E-state index contributed by atoms with van der Waals surface area (Å²) in [4.78, 5) is 18.0. The van der Waals surface area contributed by atoms with Crippen LogP contribution in [0.1, 0.15) is 44.5 Å². The van der Waals surface area contributed by atoms with Gasteiger partial charge in [-0.15, -0.1) is 0 Å². The lowest BCUT2D eigenvalue weighted by Gasteiger charge is -2.06. The van der Waals surface area contributed by atoms with Gasteiger partial charge in [0.25, 0.3) is 0 Å². The Kier molecular flexibility index (Phi) is 8.42. The van der Waals surface area contributed by atoms with Crippen molar-refractivity contribution in [1.82, 2.24) is 19.9 Å². The van der Waals surface area contributed by atoms with Gasteiger partial charge in [-0.3, -0.25) is 0 Å². The van der Waals surface area contributed by atoms with Crippen LogP contribution in [0.4, 0.5) is 0 Å². The molecule has 322 valence electrons. The van der Waals surface area contributed by atoms with E-state index in [4.69, 9.17) is 9.97 Å². The van der Waals surface area contributed by atoms with E-state index < -0.39 is 0 Å². The van der Waals surface area contributed by atoms with E-state index >= 15 is 0 Å². The molecule has 2 aliphatic heterocycles. The number of nitriles is 8. The Morgan fingerprint density at radius 2 is 0.417 bits per heavy atom. The molecule has 12 nitrogen and oxygen atoms in total. The lowest BCUT2D eigenvalue weighted by atomic mass is 9.95. The van der Waals surface area contributed by atoms with Crippen molar-refractivity contribution in [2.75, 3.05) is 0 Å². The van der Waals surface area contributed by atoms with E-state index in [9.17, 15) is 42.1 Å². The zero-order valence-corrected chi connectivity index (χ0v) is 37.0. The van der Waals surface area contributed by atoms with Gasteiger partial charge < -0.3 is 9.97 Å². The molecule has 0 atom stereocenters. The minimum Gasteiger partial charge on any atom is -0.354 e. The second-order valence-corrected chi connectivity index (χ2v) is 17.7. The predicted octanol–water partition coefficient (Wildman–Crippen LogP) is 12.9. The number of rotatable bonds is 0. The molecule has 0 unspecified atom stereocenters. The normalized spacial score (nSPS) is 11.2. The average molecular weight is 911 g/mol. The molecule has 11 aromatic rings. The summed E-state index contributed by atoms with van der Waals surface area (Å²) in [6.07, 6.45) is 0. The molecule has 0 radical (unpaired) electrons. The van der Waals surface area contributed by atoms with Gasteiger partial charge in [-0.25, -0.2) is 9.97 Å². The summed E-state index contributed by atoms with van der Waals surface area (Å²) in [5.41, 5.74) is 10.3. The first-order valence-corrected chi connectivity index (χ1v) is 22.2. The largest absolute Gasteiger partial charge is 0.354 e. The van der Waals surface area contributed by atoms with Crippen molar-refractivity contribution in [1.29, 1.82) is 42.1 Å². The number of nitrogens with one attached hydrogen (secondary N) is 2. The number of fused-ring (bicyclic) bond motifs is 24. The number of hydrogen-bond donors (Lipinski definition) is 2. The molecular weight excluding hydrogens is 889 g/mol. The molecule has 3 aromatic heterocycles. The monoisotopic (exact) mass is 910 g/mol. The van der Waals surface area contributed by atoms with Gasteiger partial charge in [0.15, 0.2) is 0 Å². The van der Waals surface area contributed by atoms with Crippen LogP contribution in [0.5, 0.6) is 0 Å². The fourth-order valence-electron chi connectivity index (χ4n) is 10.4. The molecule has 0 spiro atoms. The number of H-pyrrole nitrogens is 2. The molecule has 13 rings (SSSR count). The first-order chi connectivity index (χ1) is 35.2. The van der Waals surface area contributed by atoms with Gasteiger partial charge in [0.1, 0.15) is 48.6 Å². The smallest absolute Gasteiger partial charge is 0.101 e. The second kappa shape index (κ2) is 14.9. The number of nitrogens with zero attached hydrogens (tertiary/aromatic N) is 10. The molecule has 0 fully saturated rings. The SMILES string of the molecule is N#Cc1cc2cc3c(cc2cc1C#N)-c1cc2[nH]c(cc4nc(cc5[nH]c(cc-3n1)c1cc3cc(C#N)c(C#N)cc3cc51)-c1cc3cc(C#N)c(C#N)cc3cc1-4)c1cc3cc(C#N)c(C#N)cc3cc21. The van der Waals surface area contributed by atoms with Crippen LogP contribution in [0, 0.1) is 90.6 Å². The molecule has 0 saturated carbocycles. The van der Waals surface area contributed by atoms with Crippen molar-refractivity contribution >= 4 is 86.7 Å². The Hall–Kier alpha value is -11.6. The third-order valence-corrected chi connectivity index (χ3v) is 13.8. The van der Waals surface area contributed by atoms with Crippen molar-refractivity contribution in [2.45, 2.75) is 0 Å². The Labute approximate surface area is 406 Å². The Morgan fingerprint density at radius 3 is 0.597 bits per heavy atom. The van der Waals surface area contributed by atoms with Gasteiger partial charge >= 0.3 is 0 Å². The Morgan fingerprint density at radius 1 is 0.236 bits per heavy atom. The van der Waals surface area contributed by atoms with Gasteiger partial charge in [-0.1, -0.05) is 0 Å². The fourth-order valence-corrected chi connectivity index (χ4v) is 10.4. The van der Waals surface area contributed by atoms with Crippen molar-refractivity contribution in [3.05, 3.63) is 166 Å². The third-order valence-electron chi connectivity index (χ3n) is 13.8. The first-order valence-electron chi connectivity index (χ1n) is 22.2. The lowest BCUT2D eigenvalue weighted by Crippen LogP contribution is -1.87. The minimum atomic E-state index is 0.253. The lowest BCUT2D eigenvalue weighted by molar-refractivity contribution is 1.40. The van der Waals surface area contributed by atoms with Crippen molar-refractivity contribution < 1.29 is 0 Å². The molecule has 2 N–H and O–H groups in total. The zero-order valence-electron chi connectivity index (χ0n) is 37.0. The summed E-state index contributed by atoms with van der Waals surface area (Å²) in [5, 5.41) is 89.2. The van der Waals surface area contributed by atoms with Crippen LogP contribution in [0.15, 0.2) is 121 Å². The number of benzene rings is 8. The number of hydrogen-bond acceptors (Lipinski definition) is 10. The van der Waals surface area contributed by atoms with Crippen molar-refractivity contribution in [3.63, 3.8) is 0 Å². The van der Waals surface area contributed by atoms with Crippen molar-refractivity contribution in [3.8, 4) is 93.6 Å². The topological polar surface area (TPSA) is 248 Å². The highest BCUT2D eigenvalue weighted by atomic mass is 14.8. The summed E-state index contributed by atoms with van der Waals surface area (Å²) in [5.74, 6) is 0. The average Bonchev–Trinajstić information content (AvgIpc) is 4.13. The molecule has 0 aliphatic carbocycles. The highest BCUT2D eigenvalue weighted by Crippen LogP contribution is 2.44.